The number of nitrogens with zero attached hydrogens (tertiary/aromatic N) is 1. The predicted molar refractivity (Wildman–Crippen MR) is 93.2 cm³/mol. The van der Waals surface area contributed by atoms with E-state index < -0.39 is 29.9 Å². The first kappa shape index (κ1) is 20.2. The van der Waals surface area contributed by atoms with Crippen molar-refractivity contribution in [3.05, 3.63) is 0 Å². The highest BCUT2D eigenvalue weighted by molar-refractivity contribution is 5.93. The number of hydrogen-bond acceptors (Lipinski definition) is 5. The van der Waals surface area contributed by atoms with Crippen LogP contribution in [0.1, 0.15) is 39.5 Å². The van der Waals surface area contributed by atoms with Crippen LogP contribution in [0, 0.1) is 5.92 Å². The normalized spacial score (nSPS) is 23.7. The van der Waals surface area contributed by atoms with Crippen molar-refractivity contribution in [1.82, 2.24) is 20.9 Å². The molecule has 2 fully saturated rings. The molecule has 146 valence electrons. The van der Waals surface area contributed by atoms with Crippen molar-refractivity contribution in [1.29, 1.82) is 0 Å². The summed E-state index contributed by atoms with van der Waals surface area (Å²) in [4.78, 5) is 49.4. The zero-order chi connectivity index (χ0) is 19.3. The molecule has 4 N–H and O–H groups in total. The lowest BCUT2D eigenvalue weighted by Gasteiger charge is -2.25. The number of amides is 3. The number of carboxylic acid groups (broad SMARTS) is 1. The first-order valence-corrected chi connectivity index (χ1v) is 9.15. The summed E-state index contributed by atoms with van der Waals surface area (Å²) in [6, 6.07) is -1.86. The van der Waals surface area contributed by atoms with Crippen LogP contribution >= 0.6 is 0 Å². The lowest BCUT2D eigenvalue weighted by Crippen LogP contribution is -2.55. The van der Waals surface area contributed by atoms with E-state index in [4.69, 9.17) is 5.11 Å². The molecule has 3 amide bonds. The summed E-state index contributed by atoms with van der Waals surface area (Å²) in [6.45, 7) is 4.52. The van der Waals surface area contributed by atoms with Crippen LogP contribution in [0.25, 0.3) is 0 Å². The molecule has 0 aliphatic carbocycles. The zero-order valence-corrected chi connectivity index (χ0v) is 15.3. The fourth-order valence-corrected chi connectivity index (χ4v) is 3.39. The SMILES string of the molecule is CC(C)C(NC(=O)C1CCCN1)C(=O)NCC(=O)N1CCCC1C(=O)O. The average Bonchev–Trinajstić information content (AvgIpc) is 3.27. The summed E-state index contributed by atoms with van der Waals surface area (Å²) < 4.78 is 0. The number of likely N-dealkylation sites (tertiary alicyclic amines) is 1. The molecule has 0 radical (unpaired) electrons. The minimum absolute atomic E-state index is 0.144. The Morgan fingerprint density at radius 3 is 2.50 bits per heavy atom. The third-order valence-electron chi connectivity index (χ3n) is 4.90. The minimum Gasteiger partial charge on any atom is -0.480 e. The van der Waals surface area contributed by atoms with Gasteiger partial charge in [0, 0.05) is 6.54 Å². The monoisotopic (exact) mass is 368 g/mol. The second-order valence-electron chi connectivity index (χ2n) is 7.18. The highest BCUT2D eigenvalue weighted by Crippen LogP contribution is 2.17. The molecule has 0 aromatic carbocycles. The summed E-state index contributed by atoms with van der Waals surface area (Å²) >= 11 is 0. The van der Waals surface area contributed by atoms with Crippen molar-refractivity contribution in [2.75, 3.05) is 19.6 Å². The van der Waals surface area contributed by atoms with Crippen LogP contribution in [-0.4, -0.2) is 71.5 Å². The Hall–Kier alpha value is -2.16. The quantitative estimate of drug-likeness (QED) is 0.460. The lowest BCUT2D eigenvalue weighted by molar-refractivity contribution is -0.148. The molecule has 2 rings (SSSR count). The molecule has 0 aromatic rings. The van der Waals surface area contributed by atoms with Gasteiger partial charge in [-0.05, 0) is 38.1 Å². The van der Waals surface area contributed by atoms with Gasteiger partial charge in [0.25, 0.3) is 0 Å². The highest BCUT2D eigenvalue weighted by Gasteiger charge is 2.34. The van der Waals surface area contributed by atoms with Gasteiger partial charge in [-0.2, -0.15) is 0 Å². The van der Waals surface area contributed by atoms with E-state index in [1.165, 1.54) is 4.90 Å². The maximum Gasteiger partial charge on any atom is 0.326 e. The van der Waals surface area contributed by atoms with E-state index >= 15 is 0 Å². The Kier molecular flexibility index (Phi) is 6.96. The molecule has 26 heavy (non-hydrogen) atoms. The molecular weight excluding hydrogens is 340 g/mol. The Balaban J connectivity index is 1.87. The predicted octanol–water partition coefficient (Wildman–Crippen LogP) is -0.929. The van der Waals surface area contributed by atoms with Gasteiger partial charge in [0.1, 0.15) is 12.1 Å². The number of carboxylic acids is 1. The zero-order valence-electron chi connectivity index (χ0n) is 15.3. The van der Waals surface area contributed by atoms with E-state index in [9.17, 15) is 19.2 Å². The van der Waals surface area contributed by atoms with Crippen LogP contribution in [0.2, 0.25) is 0 Å². The van der Waals surface area contributed by atoms with Gasteiger partial charge in [-0.25, -0.2) is 4.79 Å². The van der Waals surface area contributed by atoms with Crippen molar-refractivity contribution in [2.24, 2.45) is 5.92 Å². The van der Waals surface area contributed by atoms with Crippen molar-refractivity contribution < 1.29 is 24.3 Å². The molecule has 2 aliphatic heterocycles. The lowest BCUT2D eigenvalue weighted by atomic mass is 10.0. The summed E-state index contributed by atoms with van der Waals surface area (Å²) in [6.07, 6.45) is 2.72. The van der Waals surface area contributed by atoms with E-state index in [0.717, 1.165) is 19.4 Å². The van der Waals surface area contributed by atoms with Gasteiger partial charge in [-0.3, -0.25) is 14.4 Å². The van der Waals surface area contributed by atoms with Crippen LogP contribution in [0.3, 0.4) is 0 Å². The number of carbonyl (C=O) groups excluding carboxylic acids is 3. The van der Waals surface area contributed by atoms with E-state index in [0.29, 0.717) is 19.4 Å². The summed E-state index contributed by atoms with van der Waals surface area (Å²) in [5.41, 5.74) is 0. The maximum atomic E-state index is 12.4. The van der Waals surface area contributed by atoms with Crippen molar-refractivity contribution in [2.45, 2.75) is 57.7 Å². The van der Waals surface area contributed by atoms with Gasteiger partial charge >= 0.3 is 5.97 Å². The van der Waals surface area contributed by atoms with Gasteiger partial charge in [-0.15, -0.1) is 0 Å². The van der Waals surface area contributed by atoms with E-state index in [2.05, 4.69) is 16.0 Å². The molecule has 2 heterocycles. The highest BCUT2D eigenvalue weighted by atomic mass is 16.4. The maximum absolute atomic E-state index is 12.4. The molecule has 2 aliphatic rings. The van der Waals surface area contributed by atoms with Gasteiger partial charge in [0.05, 0.1) is 12.6 Å². The smallest absolute Gasteiger partial charge is 0.326 e. The van der Waals surface area contributed by atoms with Crippen LogP contribution < -0.4 is 16.0 Å². The van der Waals surface area contributed by atoms with Gasteiger partial charge in [0.15, 0.2) is 0 Å². The Morgan fingerprint density at radius 1 is 1.19 bits per heavy atom. The molecular formula is C17H28N4O5. The van der Waals surface area contributed by atoms with Gasteiger partial charge < -0.3 is 26.0 Å². The Bertz CT molecular complexity index is 559. The average molecular weight is 368 g/mol. The van der Waals surface area contributed by atoms with Crippen molar-refractivity contribution >= 4 is 23.7 Å². The number of carbonyl (C=O) groups is 4. The fourth-order valence-electron chi connectivity index (χ4n) is 3.39. The molecule has 0 spiro atoms. The second kappa shape index (κ2) is 8.98. The van der Waals surface area contributed by atoms with Gasteiger partial charge in [-0.1, -0.05) is 13.8 Å². The minimum atomic E-state index is -1.03. The summed E-state index contributed by atoms with van der Waals surface area (Å²) in [7, 11) is 0. The van der Waals surface area contributed by atoms with Crippen LogP contribution in [0.4, 0.5) is 0 Å². The molecule has 0 saturated carbocycles. The summed E-state index contributed by atoms with van der Waals surface area (Å²) in [5, 5.41) is 17.5. The Labute approximate surface area is 152 Å². The van der Waals surface area contributed by atoms with Gasteiger partial charge in [0.2, 0.25) is 17.7 Å². The number of hydrogen-bond donors (Lipinski definition) is 4. The molecule has 9 heteroatoms. The largest absolute Gasteiger partial charge is 0.480 e. The summed E-state index contributed by atoms with van der Waals surface area (Å²) in [5.74, 6) is -2.25. The number of rotatable bonds is 7. The first-order chi connectivity index (χ1) is 12.3. The standard InChI is InChI=1S/C17H28N4O5/c1-10(2)14(20-15(23)11-5-3-7-18-11)16(24)19-9-13(22)21-8-4-6-12(21)17(25)26/h10-12,14,18H,3-9H2,1-2H3,(H,19,24)(H,20,23)(H,25,26). The third-order valence-corrected chi connectivity index (χ3v) is 4.90. The molecule has 9 nitrogen and oxygen atoms in total. The van der Waals surface area contributed by atoms with Crippen molar-refractivity contribution in [3.8, 4) is 0 Å². The van der Waals surface area contributed by atoms with E-state index in [-0.39, 0.29) is 24.4 Å². The van der Waals surface area contributed by atoms with Crippen LogP contribution in [0.15, 0.2) is 0 Å². The number of aliphatic carboxylic acids is 1. The molecule has 0 bridgehead atoms. The van der Waals surface area contributed by atoms with Crippen LogP contribution in [-0.2, 0) is 19.2 Å². The fraction of sp³-hybridized carbons (Fsp3) is 0.765. The molecule has 2 saturated heterocycles. The molecule has 3 unspecified atom stereocenters. The first-order valence-electron chi connectivity index (χ1n) is 9.15. The van der Waals surface area contributed by atoms with Crippen molar-refractivity contribution in [3.63, 3.8) is 0 Å². The topological polar surface area (TPSA) is 128 Å². The third kappa shape index (κ3) is 4.94. The Morgan fingerprint density at radius 2 is 1.92 bits per heavy atom. The van der Waals surface area contributed by atoms with E-state index in [1.807, 2.05) is 13.8 Å². The van der Waals surface area contributed by atoms with Crippen LogP contribution in [0.5, 0.6) is 0 Å². The molecule has 3 atom stereocenters. The van der Waals surface area contributed by atoms with E-state index in [1.54, 1.807) is 0 Å². The number of nitrogens with one attached hydrogen (secondary N) is 3. The second-order valence-corrected chi connectivity index (χ2v) is 7.18. The molecule has 0 aromatic heterocycles.